The molecule has 3 rings (SSSR count). The third-order valence-electron chi connectivity index (χ3n) is 5.41. The van der Waals surface area contributed by atoms with Crippen LogP contribution in [0.2, 0.25) is 0 Å². The molecule has 3 aromatic rings. The largest absolute Gasteiger partial charge is 0.466 e. The fourth-order valence-corrected chi connectivity index (χ4v) is 3.87. The van der Waals surface area contributed by atoms with Gasteiger partial charge in [-0.2, -0.15) is 0 Å². The van der Waals surface area contributed by atoms with Gasteiger partial charge in [0.2, 0.25) is 5.58 Å². The molecule has 0 saturated carbocycles. The maximum atomic E-state index is 12.8. The molecule has 0 bridgehead atoms. The number of aryl methyl sites for hydroxylation is 1. The molecule has 0 aliphatic carbocycles. The average Bonchev–Trinajstić information content (AvgIpc) is 2.79. The quantitative estimate of drug-likeness (QED) is 0.244. The van der Waals surface area contributed by atoms with Crippen LogP contribution in [0.5, 0.6) is 0 Å². The molecule has 2 heterocycles. The van der Waals surface area contributed by atoms with Gasteiger partial charge in [0.25, 0.3) is 5.56 Å². The summed E-state index contributed by atoms with van der Waals surface area (Å²) >= 11 is 4.41. The number of benzene rings is 1. The Morgan fingerprint density at radius 2 is 1.72 bits per heavy atom. The van der Waals surface area contributed by atoms with Crippen LogP contribution in [0.1, 0.15) is 51.9 Å². The van der Waals surface area contributed by atoms with Crippen LogP contribution in [-0.4, -0.2) is 17.1 Å². The topological polar surface area (TPSA) is 78.5 Å². The molecule has 0 spiro atoms. The van der Waals surface area contributed by atoms with Gasteiger partial charge in [0.1, 0.15) is 0 Å². The number of pyridine rings is 1. The summed E-state index contributed by atoms with van der Waals surface area (Å²) in [5.74, 6) is -0.149. The van der Waals surface area contributed by atoms with Crippen LogP contribution in [0, 0.1) is 0 Å². The van der Waals surface area contributed by atoms with E-state index >= 15 is 0 Å². The fraction of sp³-hybridized carbons (Fsp3) is 0.400. The van der Waals surface area contributed by atoms with Gasteiger partial charge in [0.15, 0.2) is 0 Å². The molecule has 0 aliphatic heterocycles. The number of ether oxygens (including phenoxy) is 1. The maximum Gasteiger partial charge on any atom is 0.344 e. The van der Waals surface area contributed by atoms with E-state index in [0.29, 0.717) is 41.0 Å². The summed E-state index contributed by atoms with van der Waals surface area (Å²) < 4.78 is 12.1. The van der Waals surface area contributed by atoms with Gasteiger partial charge >= 0.3 is 11.6 Å². The smallest absolute Gasteiger partial charge is 0.344 e. The van der Waals surface area contributed by atoms with Crippen LogP contribution < -0.4 is 11.2 Å². The van der Waals surface area contributed by atoms with Gasteiger partial charge in [0, 0.05) is 35.0 Å². The standard InChI is InChI=1S/C25H29NO5S/c1-2-22(27)30-16-10-6-4-3-5-9-14-26-15-13-18-17-20(19-11-7-8-12-21(19)32)25(29)31-23(18)24(26)28/h7-8,11-13,15,17,32H,2-6,9-10,14,16H2,1H3. The molecule has 0 radical (unpaired) electrons. The molecule has 0 atom stereocenters. The number of esters is 1. The first-order valence-corrected chi connectivity index (χ1v) is 11.6. The molecule has 0 unspecified atom stereocenters. The van der Waals surface area contributed by atoms with Gasteiger partial charge in [-0.15, -0.1) is 12.6 Å². The number of nitrogens with zero attached hydrogens (tertiary/aromatic N) is 1. The lowest BCUT2D eigenvalue weighted by Gasteiger charge is -2.08. The third-order valence-corrected chi connectivity index (χ3v) is 5.80. The van der Waals surface area contributed by atoms with E-state index in [2.05, 4.69) is 12.6 Å². The molecule has 0 fully saturated rings. The lowest BCUT2D eigenvalue weighted by atomic mass is 10.1. The van der Waals surface area contributed by atoms with Crippen molar-refractivity contribution in [1.29, 1.82) is 0 Å². The van der Waals surface area contributed by atoms with Gasteiger partial charge in [0.05, 0.1) is 12.2 Å². The summed E-state index contributed by atoms with van der Waals surface area (Å²) in [6, 6.07) is 10.8. The monoisotopic (exact) mass is 455 g/mol. The second-order valence-corrected chi connectivity index (χ2v) is 8.24. The van der Waals surface area contributed by atoms with Crippen molar-refractivity contribution in [3.05, 3.63) is 63.4 Å². The number of unbranched alkanes of at least 4 members (excludes halogenated alkanes) is 5. The number of fused-ring (bicyclic) bond motifs is 1. The van der Waals surface area contributed by atoms with Crippen molar-refractivity contribution >= 4 is 29.6 Å². The predicted octanol–water partition coefficient (Wildman–Crippen LogP) is 5.20. The Hall–Kier alpha value is -2.80. The number of hydrogen-bond acceptors (Lipinski definition) is 6. The summed E-state index contributed by atoms with van der Waals surface area (Å²) in [6.07, 6.45) is 8.08. The fourth-order valence-electron chi connectivity index (χ4n) is 3.59. The summed E-state index contributed by atoms with van der Waals surface area (Å²) in [5.41, 5.74) is 0.324. The van der Waals surface area contributed by atoms with Gasteiger partial charge in [-0.25, -0.2) is 4.79 Å². The van der Waals surface area contributed by atoms with E-state index in [1.54, 1.807) is 35.9 Å². The normalized spacial score (nSPS) is 11.1. The van der Waals surface area contributed by atoms with Crippen LogP contribution in [0.3, 0.4) is 0 Å². The lowest BCUT2D eigenvalue weighted by molar-refractivity contribution is -0.143. The van der Waals surface area contributed by atoms with E-state index < -0.39 is 5.63 Å². The summed E-state index contributed by atoms with van der Waals surface area (Å²) in [4.78, 5) is 37.1. The minimum Gasteiger partial charge on any atom is -0.466 e. The third kappa shape index (κ3) is 6.13. The highest BCUT2D eigenvalue weighted by atomic mass is 32.1. The van der Waals surface area contributed by atoms with Gasteiger partial charge in [-0.3, -0.25) is 9.59 Å². The zero-order valence-corrected chi connectivity index (χ0v) is 19.2. The highest BCUT2D eigenvalue weighted by molar-refractivity contribution is 7.80. The Balaban J connectivity index is 1.55. The number of carbonyl (C=O) groups excluding carboxylic acids is 1. The van der Waals surface area contributed by atoms with Crippen LogP contribution in [-0.2, 0) is 16.1 Å². The highest BCUT2D eigenvalue weighted by Crippen LogP contribution is 2.25. The molecule has 7 heteroatoms. The first kappa shape index (κ1) is 23.9. The van der Waals surface area contributed by atoms with E-state index in [1.807, 2.05) is 18.2 Å². The van der Waals surface area contributed by atoms with Crippen LogP contribution in [0.25, 0.3) is 22.1 Å². The van der Waals surface area contributed by atoms with E-state index in [9.17, 15) is 14.4 Å². The van der Waals surface area contributed by atoms with Crippen molar-refractivity contribution in [2.24, 2.45) is 0 Å². The predicted molar refractivity (Wildman–Crippen MR) is 128 cm³/mol. The zero-order chi connectivity index (χ0) is 22.9. The van der Waals surface area contributed by atoms with Crippen molar-refractivity contribution in [1.82, 2.24) is 4.57 Å². The molecule has 2 aromatic heterocycles. The molecular weight excluding hydrogens is 426 g/mol. The summed E-state index contributed by atoms with van der Waals surface area (Å²) in [6.45, 7) is 2.86. The molecule has 0 N–H and O–H groups in total. The van der Waals surface area contributed by atoms with E-state index in [-0.39, 0.29) is 17.1 Å². The Morgan fingerprint density at radius 1 is 1.00 bits per heavy atom. The number of rotatable bonds is 11. The van der Waals surface area contributed by atoms with E-state index in [4.69, 9.17) is 9.15 Å². The molecule has 0 aliphatic rings. The van der Waals surface area contributed by atoms with Crippen molar-refractivity contribution in [3.63, 3.8) is 0 Å². The van der Waals surface area contributed by atoms with Crippen LogP contribution in [0.4, 0.5) is 0 Å². The second-order valence-electron chi connectivity index (χ2n) is 7.76. The maximum absolute atomic E-state index is 12.8. The molecule has 1 aromatic carbocycles. The molecule has 32 heavy (non-hydrogen) atoms. The minimum atomic E-state index is -0.543. The Labute approximate surface area is 192 Å². The van der Waals surface area contributed by atoms with Gasteiger partial charge < -0.3 is 13.7 Å². The molecule has 6 nitrogen and oxygen atoms in total. The van der Waals surface area contributed by atoms with E-state index in [1.165, 1.54) is 0 Å². The van der Waals surface area contributed by atoms with Crippen LogP contribution in [0.15, 0.2) is 61.5 Å². The van der Waals surface area contributed by atoms with E-state index in [0.717, 1.165) is 38.5 Å². The summed E-state index contributed by atoms with van der Waals surface area (Å²) in [5, 5.41) is 0.598. The number of thiol groups is 1. The highest BCUT2D eigenvalue weighted by Gasteiger charge is 2.13. The SMILES string of the molecule is CCC(=O)OCCCCCCCCn1ccc2cc(-c3ccccc3S)c(=O)oc2c1=O. The number of aromatic nitrogens is 1. The Morgan fingerprint density at radius 3 is 2.47 bits per heavy atom. The second kappa shape index (κ2) is 11.7. The molecule has 0 saturated heterocycles. The average molecular weight is 456 g/mol. The van der Waals surface area contributed by atoms with Crippen molar-refractivity contribution in [3.8, 4) is 11.1 Å². The van der Waals surface area contributed by atoms with Crippen LogP contribution >= 0.6 is 12.6 Å². The zero-order valence-electron chi connectivity index (χ0n) is 18.3. The minimum absolute atomic E-state index is 0.0829. The summed E-state index contributed by atoms with van der Waals surface area (Å²) in [7, 11) is 0. The molecular formula is C25H29NO5S. The first-order chi connectivity index (χ1) is 15.5. The van der Waals surface area contributed by atoms with Crippen molar-refractivity contribution in [2.75, 3.05) is 6.61 Å². The van der Waals surface area contributed by atoms with Gasteiger partial charge in [-0.1, -0.05) is 50.8 Å². The lowest BCUT2D eigenvalue weighted by Crippen LogP contribution is -2.21. The number of hydrogen-bond donors (Lipinski definition) is 1. The Kier molecular flexibility index (Phi) is 8.73. The molecule has 170 valence electrons. The number of carbonyl (C=O) groups is 1. The van der Waals surface area contributed by atoms with Gasteiger partial charge in [-0.05, 0) is 31.0 Å². The van der Waals surface area contributed by atoms with Crippen molar-refractivity contribution < 1.29 is 13.9 Å². The Bertz CT molecular complexity index is 1180. The molecule has 0 amide bonds. The first-order valence-electron chi connectivity index (χ1n) is 11.1. The van der Waals surface area contributed by atoms with Crippen molar-refractivity contribution in [2.45, 2.75) is 63.3 Å².